The van der Waals surface area contributed by atoms with Crippen molar-refractivity contribution in [1.82, 2.24) is 5.32 Å². The van der Waals surface area contributed by atoms with Crippen molar-refractivity contribution < 1.29 is 76.8 Å². The molecule has 1 aliphatic heterocycles. The van der Waals surface area contributed by atoms with E-state index in [0.717, 1.165) is 6.42 Å². The van der Waals surface area contributed by atoms with Gasteiger partial charge in [-0.2, -0.15) is 0 Å². The van der Waals surface area contributed by atoms with Crippen LogP contribution in [0.1, 0.15) is 104 Å². The second-order valence-corrected chi connectivity index (χ2v) is 20.2. The van der Waals surface area contributed by atoms with Crippen LogP contribution < -0.4 is 5.32 Å². The van der Waals surface area contributed by atoms with E-state index in [1.165, 1.54) is 14.0 Å². The minimum absolute atomic E-state index is 0.0811. The van der Waals surface area contributed by atoms with E-state index in [4.69, 9.17) is 42.6 Å². The molecule has 2 aromatic rings. The van der Waals surface area contributed by atoms with Gasteiger partial charge in [0.05, 0.1) is 73.7 Å². The quantitative estimate of drug-likeness (QED) is 0.0523. The van der Waals surface area contributed by atoms with Crippen LogP contribution in [0.4, 0.5) is 0 Å². The molecular formula is C52H71NO16. The molecule has 3 aliphatic carbocycles. The highest BCUT2D eigenvalue weighted by Crippen LogP contribution is 2.65. The van der Waals surface area contributed by atoms with Crippen LogP contribution in [0.2, 0.25) is 0 Å². The van der Waals surface area contributed by atoms with Crippen molar-refractivity contribution in [3.05, 3.63) is 82.9 Å². The number of hydrogen-bond acceptors (Lipinski definition) is 17. The summed E-state index contributed by atoms with van der Waals surface area (Å²) < 4.78 is 54.4. The van der Waals surface area contributed by atoms with Crippen molar-refractivity contribution in [2.45, 2.75) is 135 Å². The highest BCUT2D eigenvalue weighted by atomic mass is 16.6. The van der Waals surface area contributed by atoms with Gasteiger partial charge in [-0.1, -0.05) is 69.3 Å². The van der Waals surface area contributed by atoms with Crippen LogP contribution in [0.15, 0.2) is 71.8 Å². The van der Waals surface area contributed by atoms with Gasteiger partial charge in [-0.15, -0.1) is 0 Å². The van der Waals surface area contributed by atoms with Crippen LogP contribution in [0.25, 0.3) is 0 Å². The van der Waals surface area contributed by atoms with E-state index in [2.05, 4.69) is 5.32 Å². The number of rotatable bonds is 20. The van der Waals surface area contributed by atoms with Crippen LogP contribution >= 0.6 is 0 Å². The molecule has 6 rings (SSSR count). The molecule has 1 heterocycles. The molecule has 0 spiro atoms. The third kappa shape index (κ3) is 10.7. The van der Waals surface area contributed by atoms with Gasteiger partial charge in [-0.3, -0.25) is 14.9 Å². The van der Waals surface area contributed by atoms with E-state index in [1.54, 1.807) is 88.4 Å². The maximum absolute atomic E-state index is 15.8. The number of ether oxygens (including phenoxy) is 9. The van der Waals surface area contributed by atoms with Crippen molar-refractivity contribution in [2.24, 2.45) is 22.7 Å². The van der Waals surface area contributed by atoms with Gasteiger partial charge in [-0.05, 0) is 69.9 Å². The minimum Gasteiger partial charge on any atom is -0.455 e. The smallest absolute Gasteiger partial charge is 0.350 e. The Hall–Kier alpha value is -4.59. The summed E-state index contributed by atoms with van der Waals surface area (Å²) in [6, 6.07) is 15.8. The summed E-state index contributed by atoms with van der Waals surface area (Å²) in [5.74, 6) is -6.69. The van der Waals surface area contributed by atoms with Crippen LogP contribution in [-0.4, -0.2) is 141 Å². The van der Waals surface area contributed by atoms with Crippen molar-refractivity contribution in [3.63, 3.8) is 0 Å². The fourth-order valence-electron chi connectivity index (χ4n) is 11.1. The van der Waals surface area contributed by atoms with Crippen LogP contribution in [-0.2, 0) is 61.8 Å². The molecule has 380 valence electrons. The van der Waals surface area contributed by atoms with E-state index in [0.29, 0.717) is 17.7 Å². The largest absolute Gasteiger partial charge is 0.455 e. The molecular weight excluding hydrogens is 895 g/mol. The van der Waals surface area contributed by atoms with Gasteiger partial charge in [0.15, 0.2) is 11.4 Å². The average molecular weight is 966 g/mol. The Kier molecular flexibility index (Phi) is 17.0. The molecule has 17 heteroatoms. The number of ketones is 1. The molecule has 1 saturated heterocycles. The topological polar surface area (TPSA) is 221 Å². The molecule has 0 aromatic heterocycles. The standard InChI is InChI=1S/C52H71NO16/c1-11-22-62-23-24-63-28-39(56)67-42(41(33-18-14-12-15-19-33)53-30-65-48(4,5)6)47(59)66-36-26-52(60)45(68-46(58)34-20-16-13-17-21-34)43-50(9,44(57)35(27-54)40(31(36)2)49(52,7)8)37(61-10)25-38-51(43,29-64-38)69-32(3)55/h12-21,35-38,41-43,45,53-54,60H,11,22-30H2,1-10H3/t35-,36+,37+,38-,41+,42-,43+,45+,50-,51+,52-/m1/s1. The number of fused-ring (bicyclic) bond motifs is 5. The summed E-state index contributed by atoms with van der Waals surface area (Å²) in [5, 5.41) is 28.6. The SMILES string of the molecule is CCCOCCOCC(=O)O[C@@H](C(=O)O[C@H]1C[C@@]2(O)[C@@H](OC(=O)c3ccccc3)[C@@H]3[C@]4(OC(C)=O)CO[C@@H]4C[C@H](OC)[C@@]3(C)C(=O)[C@H](CO)C(=C1C)C2(C)C)[C@@H](NCOC(C)(C)C)c1ccccc1. The van der Waals surface area contributed by atoms with Gasteiger partial charge in [-0.25, -0.2) is 14.4 Å². The Balaban J connectivity index is 1.50. The molecule has 0 radical (unpaired) electrons. The van der Waals surface area contributed by atoms with E-state index < -0.39 is 125 Å². The number of carbonyl (C=O) groups is 5. The summed E-state index contributed by atoms with van der Waals surface area (Å²) in [7, 11) is 1.43. The lowest BCUT2D eigenvalue weighted by Crippen LogP contribution is -2.81. The third-order valence-corrected chi connectivity index (χ3v) is 14.5. The van der Waals surface area contributed by atoms with Crippen molar-refractivity contribution in [2.75, 3.05) is 53.5 Å². The van der Waals surface area contributed by atoms with Crippen molar-refractivity contribution >= 4 is 29.7 Å². The van der Waals surface area contributed by atoms with Crippen LogP contribution in [0.3, 0.4) is 0 Å². The molecule has 2 saturated carbocycles. The predicted octanol–water partition coefficient (Wildman–Crippen LogP) is 4.99. The number of aliphatic hydroxyl groups excluding tert-OH is 1. The maximum Gasteiger partial charge on any atom is 0.350 e. The van der Waals surface area contributed by atoms with Crippen molar-refractivity contribution in [1.29, 1.82) is 0 Å². The monoisotopic (exact) mass is 965 g/mol. The van der Waals surface area contributed by atoms with Crippen LogP contribution in [0, 0.1) is 22.7 Å². The molecule has 69 heavy (non-hydrogen) atoms. The first-order chi connectivity index (χ1) is 32.6. The Morgan fingerprint density at radius 3 is 2.17 bits per heavy atom. The number of methoxy groups -OCH3 is 1. The Morgan fingerprint density at radius 2 is 1.59 bits per heavy atom. The molecule has 0 amide bonds. The van der Waals surface area contributed by atoms with E-state index in [-0.39, 0.29) is 44.1 Å². The van der Waals surface area contributed by atoms with Gasteiger partial charge in [0.1, 0.15) is 30.5 Å². The molecule has 17 nitrogen and oxygen atoms in total. The zero-order chi connectivity index (χ0) is 50.5. The highest BCUT2D eigenvalue weighted by molar-refractivity contribution is 5.93. The summed E-state index contributed by atoms with van der Waals surface area (Å²) in [5.41, 5.74) is -6.47. The second kappa shape index (κ2) is 21.8. The number of benzene rings is 2. The number of hydrogen-bond donors (Lipinski definition) is 3. The molecule has 0 unspecified atom stereocenters. The average Bonchev–Trinajstić information content (AvgIpc) is 3.29. The molecule has 2 aromatic carbocycles. The summed E-state index contributed by atoms with van der Waals surface area (Å²) in [6.07, 6.45) is -6.10. The van der Waals surface area contributed by atoms with Crippen molar-refractivity contribution in [3.8, 4) is 0 Å². The Bertz CT molecular complexity index is 2170. The van der Waals surface area contributed by atoms with Gasteiger partial charge in [0, 0.05) is 38.9 Å². The highest BCUT2D eigenvalue weighted by Gasteiger charge is 2.78. The first-order valence-corrected chi connectivity index (χ1v) is 23.8. The summed E-state index contributed by atoms with van der Waals surface area (Å²) in [6.45, 7) is 14.7. The summed E-state index contributed by atoms with van der Waals surface area (Å²) >= 11 is 0. The Labute approximate surface area is 404 Å². The number of Topliss-reactive ketones (excluding diaryl/α,β-unsaturated/α-hetero) is 1. The first kappa shape index (κ1) is 53.8. The van der Waals surface area contributed by atoms with Crippen LogP contribution in [0.5, 0.6) is 0 Å². The second-order valence-electron chi connectivity index (χ2n) is 20.2. The fourth-order valence-corrected chi connectivity index (χ4v) is 11.1. The predicted molar refractivity (Wildman–Crippen MR) is 248 cm³/mol. The zero-order valence-corrected chi connectivity index (χ0v) is 41.6. The van der Waals surface area contributed by atoms with E-state index >= 15 is 9.59 Å². The molecule has 11 atom stereocenters. The lowest BCUT2D eigenvalue weighted by Gasteiger charge is -2.68. The van der Waals surface area contributed by atoms with Gasteiger partial charge in [0.2, 0.25) is 6.10 Å². The zero-order valence-electron chi connectivity index (χ0n) is 41.6. The van der Waals surface area contributed by atoms with E-state index in [9.17, 15) is 24.6 Å². The maximum atomic E-state index is 15.8. The fraction of sp³-hybridized carbons (Fsp3) is 0.635. The van der Waals surface area contributed by atoms with Gasteiger partial charge >= 0.3 is 23.9 Å². The molecule has 4 aliphatic rings. The lowest BCUT2D eigenvalue weighted by molar-refractivity contribution is -0.347. The number of esters is 4. The normalized spacial score (nSPS) is 30.3. The lowest BCUT2D eigenvalue weighted by atomic mass is 9.43. The number of aliphatic hydroxyl groups is 2. The first-order valence-electron chi connectivity index (χ1n) is 23.8. The minimum atomic E-state index is -2.27. The molecule has 3 fully saturated rings. The van der Waals surface area contributed by atoms with Gasteiger partial charge < -0.3 is 52.8 Å². The number of nitrogens with one attached hydrogen (secondary N) is 1. The molecule has 3 N–H and O–H groups in total. The molecule has 2 bridgehead atoms. The summed E-state index contributed by atoms with van der Waals surface area (Å²) in [4.78, 5) is 72.2. The third-order valence-electron chi connectivity index (χ3n) is 14.5. The Morgan fingerprint density at radius 1 is 0.942 bits per heavy atom. The van der Waals surface area contributed by atoms with Gasteiger partial charge in [0.25, 0.3) is 0 Å². The number of carbonyl (C=O) groups excluding carboxylic acids is 5. The van der Waals surface area contributed by atoms with E-state index in [1.807, 2.05) is 27.7 Å².